The number of pyridine rings is 1. The summed E-state index contributed by atoms with van der Waals surface area (Å²) in [5, 5.41) is 4.17. The van der Waals surface area contributed by atoms with Crippen molar-refractivity contribution < 1.29 is 0 Å². The maximum absolute atomic E-state index is 12.5. The Kier molecular flexibility index (Phi) is 3.22. The fourth-order valence-electron chi connectivity index (χ4n) is 3.56. The Labute approximate surface area is 134 Å². The number of benzene rings is 2. The Morgan fingerprint density at radius 1 is 1.04 bits per heavy atom. The number of nitrogens with one attached hydrogen (secondary N) is 2. The summed E-state index contributed by atoms with van der Waals surface area (Å²) in [7, 11) is 0. The average molecular weight is 304 g/mol. The summed E-state index contributed by atoms with van der Waals surface area (Å²) in [5.41, 5.74) is 4.47. The molecule has 2 aromatic heterocycles. The van der Waals surface area contributed by atoms with Gasteiger partial charge in [0.25, 0.3) is 5.56 Å². The van der Waals surface area contributed by atoms with Crippen molar-refractivity contribution in [2.45, 2.75) is 33.1 Å². The van der Waals surface area contributed by atoms with Crippen molar-refractivity contribution in [1.82, 2.24) is 9.97 Å². The van der Waals surface area contributed by atoms with E-state index in [4.69, 9.17) is 0 Å². The molecule has 3 nitrogen and oxygen atoms in total. The molecular weight excluding hydrogens is 284 g/mol. The highest BCUT2D eigenvalue weighted by Crippen LogP contribution is 2.32. The summed E-state index contributed by atoms with van der Waals surface area (Å²) < 4.78 is 0. The first-order chi connectivity index (χ1) is 11.2. The zero-order valence-corrected chi connectivity index (χ0v) is 13.5. The molecular formula is C20H20N2O. The largest absolute Gasteiger partial charge is 0.354 e. The predicted octanol–water partition coefficient (Wildman–Crippen LogP) is 4.68. The van der Waals surface area contributed by atoms with Crippen LogP contribution in [-0.4, -0.2) is 9.97 Å². The van der Waals surface area contributed by atoms with E-state index in [-0.39, 0.29) is 5.56 Å². The SMILES string of the molecule is CCCc1ccc2c(ccc3[nH]c4c(CC)c[nH]c(=O)c4c32)c1. The van der Waals surface area contributed by atoms with Crippen LogP contribution >= 0.6 is 0 Å². The van der Waals surface area contributed by atoms with Crippen molar-refractivity contribution in [3.63, 3.8) is 0 Å². The number of aromatic nitrogens is 2. The highest BCUT2D eigenvalue weighted by atomic mass is 16.1. The van der Waals surface area contributed by atoms with Crippen LogP contribution in [0.4, 0.5) is 0 Å². The van der Waals surface area contributed by atoms with Crippen LogP contribution < -0.4 is 5.56 Å². The average Bonchev–Trinajstić information content (AvgIpc) is 2.96. The first-order valence-electron chi connectivity index (χ1n) is 8.30. The van der Waals surface area contributed by atoms with Crippen LogP contribution in [-0.2, 0) is 12.8 Å². The van der Waals surface area contributed by atoms with Crippen molar-refractivity contribution >= 4 is 32.6 Å². The summed E-state index contributed by atoms with van der Waals surface area (Å²) in [5.74, 6) is 0. The standard InChI is InChI=1S/C20H20N2O/c1-3-5-12-6-8-15-14(10-12)7-9-16-17(15)18-19(22-16)13(4-2)11-21-20(18)23/h6-11,22H,3-5H2,1-2H3,(H,21,23). The molecule has 2 N–H and O–H groups in total. The molecule has 116 valence electrons. The minimum atomic E-state index is -0.0198. The molecule has 0 unspecified atom stereocenters. The zero-order valence-electron chi connectivity index (χ0n) is 13.5. The van der Waals surface area contributed by atoms with E-state index < -0.39 is 0 Å². The molecule has 0 aliphatic rings. The lowest BCUT2D eigenvalue weighted by Crippen LogP contribution is -2.06. The van der Waals surface area contributed by atoms with Gasteiger partial charge in [-0.15, -0.1) is 0 Å². The zero-order chi connectivity index (χ0) is 16.0. The molecule has 0 spiro atoms. The molecule has 2 heterocycles. The maximum atomic E-state index is 12.5. The second kappa shape index (κ2) is 5.27. The molecule has 2 aromatic carbocycles. The highest BCUT2D eigenvalue weighted by Gasteiger charge is 2.13. The minimum Gasteiger partial charge on any atom is -0.354 e. The number of hydrogen-bond acceptors (Lipinski definition) is 1. The molecule has 0 amide bonds. The van der Waals surface area contributed by atoms with Crippen LogP contribution in [0.15, 0.2) is 41.3 Å². The summed E-state index contributed by atoms with van der Waals surface area (Å²) in [4.78, 5) is 18.8. The van der Waals surface area contributed by atoms with Crippen molar-refractivity contribution in [1.29, 1.82) is 0 Å². The van der Waals surface area contributed by atoms with Crippen molar-refractivity contribution in [3.8, 4) is 0 Å². The first-order valence-corrected chi connectivity index (χ1v) is 8.30. The number of hydrogen-bond donors (Lipinski definition) is 2. The van der Waals surface area contributed by atoms with Gasteiger partial charge in [-0.2, -0.15) is 0 Å². The molecule has 0 bridgehead atoms. The van der Waals surface area contributed by atoms with Gasteiger partial charge in [0.1, 0.15) is 0 Å². The van der Waals surface area contributed by atoms with E-state index in [1.165, 1.54) is 10.9 Å². The van der Waals surface area contributed by atoms with Gasteiger partial charge in [-0.25, -0.2) is 0 Å². The number of rotatable bonds is 3. The fourth-order valence-corrected chi connectivity index (χ4v) is 3.56. The number of aryl methyl sites for hydroxylation is 2. The van der Waals surface area contributed by atoms with Crippen LogP contribution in [0.1, 0.15) is 31.4 Å². The van der Waals surface area contributed by atoms with Gasteiger partial charge in [0.05, 0.1) is 10.9 Å². The smallest absolute Gasteiger partial charge is 0.258 e. The number of fused-ring (bicyclic) bond motifs is 5. The van der Waals surface area contributed by atoms with E-state index in [9.17, 15) is 4.79 Å². The Bertz CT molecular complexity index is 1090. The van der Waals surface area contributed by atoms with Gasteiger partial charge in [0, 0.05) is 17.1 Å². The van der Waals surface area contributed by atoms with Gasteiger partial charge < -0.3 is 9.97 Å². The lowest BCUT2D eigenvalue weighted by Gasteiger charge is -2.04. The van der Waals surface area contributed by atoms with Crippen LogP contribution in [0.25, 0.3) is 32.6 Å². The fraction of sp³-hybridized carbons (Fsp3) is 0.250. The van der Waals surface area contributed by atoms with Gasteiger partial charge in [-0.1, -0.05) is 44.5 Å². The maximum Gasteiger partial charge on any atom is 0.258 e. The van der Waals surface area contributed by atoms with E-state index in [0.29, 0.717) is 0 Å². The topological polar surface area (TPSA) is 48.6 Å². The quantitative estimate of drug-likeness (QED) is 0.567. The van der Waals surface area contributed by atoms with E-state index in [2.05, 4.69) is 54.1 Å². The molecule has 23 heavy (non-hydrogen) atoms. The predicted molar refractivity (Wildman–Crippen MR) is 97.3 cm³/mol. The Morgan fingerprint density at radius 2 is 1.91 bits per heavy atom. The highest BCUT2D eigenvalue weighted by molar-refractivity contribution is 6.20. The van der Waals surface area contributed by atoms with Crippen LogP contribution in [0.3, 0.4) is 0 Å². The van der Waals surface area contributed by atoms with E-state index >= 15 is 0 Å². The summed E-state index contributed by atoms with van der Waals surface area (Å²) >= 11 is 0. The Balaban J connectivity index is 2.16. The lowest BCUT2D eigenvalue weighted by molar-refractivity contribution is 0.924. The normalized spacial score (nSPS) is 11.7. The van der Waals surface area contributed by atoms with Crippen LogP contribution in [0, 0.1) is 0 Å². The summed E-state index contributed by atoms with van der Waals surface area (Å²) in [6.45, 7) is 4.30. The minimum absolute atomic E-state index is 0.0198. The van der Waals surface area contributed by atoms with Gasteiger partial charge in [-0.3, -0.25) is 4.79 Å². The summed E-state index contributed by atoms with van der Waals surface area (Å²) in [6.07, 6.45) is 4.93. The first kappa shape index (κ1) is 14.1. The molecule has 4 rings (SSSR count). The monoisotopic (exact) mass is 304 g/mol. The van der Waals surface area contributed by atoms with Gasteiger partial charge in [-0.05, 0) is 40.8 Å². The second-order valence-corrected chi connectivity index (χ2v) is 6.17. The van der Waals surface area contributed by atoms with Crippen molar-refractivity contribution in [2.75, 3.05) is 0 Å². The van der Waals surface area contributed by atoms with Gasteiger partial charge in [0.2, 0.25) is 0 Å². The molecule has 0 saturated carbocycles. The molecule has 0 atom stereocenters. The summed E-state index contributed by atoms with van der Waals surface area (Å²) in [6, 6.07) is 10.8. The Morgan fingerprint density at radius 3 is 2.70 bits per heavy atom. The third-order valence-corrected chi connectivity index (χ3v) is 4.69. The molecule has 0 saturated heterocycles. The second-order valence-electron chi connectivity index (χ2n) is 6.17. The molecule has 0 fully saturated rings. The third kappa shape index (κ3) is 2.07. The van der Waals surface area contributed by atoms with Crippen molar-refractivity contribution in [2.24, 2.45) is 0 Å². The van der Waals surface area contributed by atoms with Crippen molar-refractivity contribution in [3.05, 3.63) is 58.0 Å². The number of H-pyrrole nitrogens is 2. The van der Waals surface area contributed by atoms with Gasteiger partial charge >= 0.3 is 0 Å². The van der Waals surface area contributed by atoms with Crippen LogP contribution in [0.2, 0.25) is 0 Å². The van der Waals surface area contributed by atoms with E-state index in [1.807, 2.05) is 6.20 Å². The van der Waals surface area contributed by atoms with E-state index in [0.717, 1.165) is 52.0 Å². The molecule has 4 aromatic rings. The lowest BCUT2D eigenvalue weighted by atomic mass is 10.00. The van der Waals surface area contributed by atoms with E-state index in [1.54, 1.807) is 0 Å². The molecule has 3 heteroatoms. The number of aromatic amines is 2. The third-order valence-electron chi connectivity index (χ3n) is 4.69. The van der Waals surface area contributed by atoms with Crippen LogP contribution in [0.5, 0.6) is 0 Å². The Hall–Kier alpha value is -2.55. The molecule has 0 aliphatic carbocycles. The molecule has 0 aliphatic heterocycles. The molecule has 0 radical (unpaired) electrons. The van der Waals surface area contributed by atoms with Gasteiger partial charge in [0.15, 0.2) is 0 Å².